The Balaban J connectivity index is 1.44. The van der Waals surface area contributed by atoms with Crippen molar-refractivity contribution in [2.45, 2.75) is 20.4 Å². The molecule has 154 valence electrons. The van der Waals surface area contributed by atoms with E-state index in [1.54, 1.807) is 6.08 Å². The van der Waals surface area contributed by atoms with Gasteiger partial charge in [0.05, 0.1) is 13.2 Å². The van der Waals surface area contributed by atoms with Crippen LogP contribution in [0.25, 0.3) is 6.08 Å². The minimum absolute atomic E-state index is 0.108. The van der Waals surface area contributed by atoms with Crippen LogP contribution >= 0.6 is 0 Å². The predicted molar refractivity (Wildman–Crippen MR) is 116 cm³/mol. The Morgan fingerprint density at radius 2 is 2.00 bits per heavy atom. The molecule has 0 spiro atoms. The minimum Gasteiger partial charge on any atom is -0.492 e. The summed E-state index contributed by atoms with van der Waals surface area (Å²) in [5, 5.41) is 2.93. The first kappa shape index (κ1) is 21.1. The molecule has 5 nitrogen and oxygen atoms in total. The van der Waals surface area contributed by atoms with Gasteiger partial charge in [0.1, 0.15) is 12.4 Å². The Labute approximate surface area is 173 Å². The first-order valence-electron chi connectivity index (χ1n) is 10.2. The SMILES string of the molecule is Cc1ccc(/C=C/C(=O)NCc2cccc(OCCN3CCOCC3)c2)c(C)c1. The lowest BCUT2D eigenvalue weighted by molar-refractivity contribution is -0.116. The molecule has 29 heavy (non-hydrogen) atoms. The van der Waals surface area contributed by atoms with E-state index in [-0.39, 0.29) is 5.91 Å². The fourth-order valence-corrected chi connectivity index (χ4v) is 3.29. The average molecular weight is 395 g/mol. The van der Waals surface area contributed by atoms with Crippen LogP contribution in [-0.4, -0.2) is 50.3 Å². The van der Waals surface area contributed by atoms with E-state index in [4.69, 9.17) is 9.47 Å². The van der Waals surface area contributed by atoms with Crippen LogP contribution in [0.1, 0.15) is 22.3 Å². The van der Waals surface area contributed by atoms with E-state index >= 15 is 0 Å². The molecule has 0 aliphatic carbocycles. The number of ether oxygens (including phenoxy) is 2. The normalized spacial score (nSPS) is 14.8. The third-order valence-electron chi connectivity index (χ3n) is 4.98. The van der Waals surface area contributed by atoms with Crippen molar-refractivity contribution in [3.63, 3.8) is 0 Å². The van der Waals surface area contributed by atoms with Gasteiger partial charge in [0.2, 0.25) is 5.91 Å². The topological polar surface area (TPSA) is 50.8 Å². The van der Waals surface area contributed by atoms with Crippen molar-refractivity contribution in [3.8, 4) is 5.75 Å². The molecule has 1 fully saturated rings. The molecule has 2 aromatic rings. The summed E-state index contributed by atoms with van der Waals surface area (Å²) >= 11 is 0. The summed E-state index contributed by atoms with van der Waals surface area (Å²) < 4.78 is 11.2. The highest BCUT2D eigenvalue weighted by Crippen LogP contribution is 2.14. The molecular formula is C24H30N2O3. The van der Waals surface area contributed by atoms with Crippen LogP contribution in [0, 0.1) is 13.8 Å². The van der Waals surface area contributed by atoms with Gasteiger partial charge in [0.25, 0.3) is 0 Å². The fraction of sp³-hybridized carbons (Fsp3) is 0.375. The predicted octanol–water partition coefficient (Wildman–Crippen LogP) is 3.34. The Morgan fingerprint density at radius 3 is 2.79 bits per heavy atom. The van der Waals surface area contributed by atoms with E-state index in [2.05, 4.69) is 36.2 Å². The third kappa shape index (κ3) is 7.04. The van der Waals surface area contributed by atoms with Gasteiger partial charge in [0.15, 0.2) is 0 Å². The summed E-state index contributed by atoms with van der Waals surface area (Å²) in [5.41, 5.74) is 4.45. The second-order valence-corrected chi connectivity index (χ2v) is 7.36. The number of nitrogens with one attached hydrogen (secondary N) is 1. The lowest BCUT2D eigenvalue weighted by Gasteiger charge is -2.26. The smallest absolute Gasteiger partial charge is 0.244 e. The standard InChI is InChI=1S/C24H30N2O3/c1-19-6-7-22(20(2)16-19)8-9-24(27)25-18-21-4-3-5-23(17-21)29-15-12-26-10-13-28-14-11-26/h3-9,16-17H,10-15,18H2,1-2H3,(H,25,27)/b9-8+. The summed E-state index contributed by atoms with van der Waals surface area (Å²) in [4.78, 5) is 14.5. The van der Waals surface area contributed by atoms with Crippen LogP contribution < -0.4 is 10.1 Å². The maximum absolute atomic E-state index is 12.2. The molecule has 2 aromatic carbocycles. The van der Waals surface area contributed by atoms with Crippen molar-refractivity contribution in [2.24, 2.45) is 0 Å². The van der Waals surface area contributed by atoms with E-state index in [1.165, 1.54) is 5.56 Å². The van der Waals surface area contributed by atoms with Crippen LogP contribution in [0.3, 0.4) is 0 Å². The summed E-state index contributed by atoms with van der Waals surface area (Å²) in [5.74, 6) is 0.722. The molecule has 1 saturated heterocycles. The molecule has 0 bridgehead atoms. The summed E-state index contributed by atoms with van der Waals surface area (Å²) in [6.07, 6.45) is 3.44. The highest BCUT2D eigenvalue weighted by atomic mass is 16.5. The largest absolute Gasteiger partial charge is 0.492 e. The number of benzene rings is 2. The van der Waals surface area contributed by atoms with Crippen LogP contribution in [0.4, 0.5) is 0 Å². The van der Waals surface area contributed by atoms with E-state index in [1.807, 2.05) is 36.4 Å². The van der Waals surface area contributed by atoms with Gasteiger partial charge in [-0.2, -0.15) is 0 Å². The van der Waals surface area contributed by atoms with Gasteiger partial charge in [-0.15, -0.1) is 0 Å². The van der Waals surface area contributed by atoms with Crippen molar-refractivity contribution in [2.75, 3.05) is 39.5 Å². The van der Waals surface area contributed by atoms with Crippen LogP contribution in [-0.2, 0) is 16.1 Å². The molecule has 0 unspecified atom stereocenters. The number of amides is 1. The number of rotatable bonds is 8. The molecule has 0 aromatic heterocycles. The molecule has 1 heterocycles. The number of aryl methyl sites for hydroxylation is 2. The minimum atomic E-state index is -0.108. The number of carbonyl (C=O) groups excluding carboxylic acids is 1. The number of hydrogen-bond acceptors (Lipinski definition) is 4. The molecular weight excluding hydrogens is 364 g/mol. The van der Waals surface area contributed by atoms with Gasteiger partial charge in [-0.25, -0.2) is 0 Å². The number of morpholine rings is 1. The second-order valence-electron chi connectivity index (χ2n) is 7.36. The lowest BCUT2D eigenvalue weighted by atomic mass is 10.1. The number of hydrogen-bond donors (Lipinski definition) is 1. The molecule has 1 aliphatic heterocycles. The molecule has 0 atom stereocenters. The first-order chi connectivity index (χ1) is 14.1. The molecule has 5 heteroatoms. The summed E-state index contributed by atoms with van der Waals surface area (Å²) in [7, 11) is 0. The Morgan fingerprint density at radius 1 is 1.17 bits per heavy atom. The third-order valence-corrected chi connectivity index (χ3v) is 4.98. The summed E-state index contributed by atoms with van der Waals surface area (Å²) in [6.45, 7) is 9.65. The Hall–Kier alpha value is -2.63. The van der Waals surface area contributed by atoms with Gasteiger partial charge in [-0.3, -0.25) is 9.69 Å². The number of carbonyl (C=O) groups is 1. The Bertz CT molecular complexity index is 842. The quantitative estimate of drug-likeness (QED) is 0.698. The zero-order valence-corrected chi connectivity index (χ0v) is 17.3. The van der Waals surface area contributed by atoms with Gasteiger partial charge in [0, 0.05) is 32.3 Å². The van der Waals surface area contributed by atoms with Gasteiger partial charge >= 0.3 is 0 Å². The lowest BCUT2D eigenvalue weighted by Crippen LogP contribution is -2.38. The maximum Gasteiger partial charge on any atom is 0.244 e. The molecule has 0 radical (unpaired) electrons. The van der Waals surface area contributed by atoms with E-state index < -0.39 is 0 Å². The van der Waals surface area contributed by atoms with Crippen LogP contribution in [0.5, 0.6) is 5.75 Å². The number of nitrogens with zero attached hydrogens (tertiary/aromatic N) is 1. The zero-order chi connectivity index (χ0) is 20.5. The van der Waals surface area contributed by atoms with Crippen molar-refractivity contribution in [3.05, 3.63) is 70.8 Å². The molecule has 3 rings (SSSR count). The van der Waals surface area contributed by atoms with Gasteiger partial charge < -0.3 is 14.8 Å². The van der Waals surface area contributed by atoms with E-state index in [0.29, 0.717) is 13.2 Å². The van der Waals surface area contributed by atoms with Gasteiger partial charge in [-0.1, -0.05) is 35.9 Å². The van der Waals surface area contributed by atoms with E-state index in [0.717, 1.165) is 55.3 Å². The monoisotopic (exact) mass is 394 g/mol. The zero-order valence-electron chi connectivity index (χ0n) is 17.3. The second kappa shape index (κ2) is 10.8. The van der Waals surface area contributed by atoms with Crippen molar-refractivity contribution < 1.29 is 14.3 Å². The van der Waals surface area contributed by atoms with Crippen molar-refractivity contribution >= 4 is 12.0 Å². The fourth-order valence-electron chi connectivity index (χ4n) is 3.29. The molecule has 1 aliphatic rings. The average Bonchev–Trinajstić information content (AvgIpc) is 2.73. The highest BCUT2D eigenvalue weighted by Gasteiger charge is 2.09. The van der Waals surface area contributed by atoms with Crippen LogP contribution in [0.15, 0.2) is 48.5 Å². The van der Waals surface area contributed by atoms with Crippen molar-refractivity contribution in [1.29, 1.82) is 0 Å². The van der Waals surface area contributed by atoms with Crippen molar-refractivity contribution in [1.82, 2.24) is 10.2 Å². The molecule has 0 saturated carbocycles. The first-order valence-corrected chi connectivity index (χ1v) is 10.2. The van der Waals surface area contributed by atoms with Crippen LogP contribution in [0.2, 0.25) is 0 Å². The highest BCUT2D eigenvalue weighted by molar-refractivity contribution is 5.91. The molecule has 1 N–H and O–H groups in total. The van der Waals surface area contributed by atoms with Gasteiger partial charge in [-0.05, 0) is 48.7 Å². The van der Waals surface area contributed by atoms with E-state index in [9.17, 15) is 4.79 Å². The maximum atomic E-state index is 12.2. The Kier molecular flexibility index (Phi) is 7.85. The molecule has 1 amide bonds. The summed E-state index contributed by atoms with van der Waals surface area (Å²) in [6, 6.07) is 14.1.